The number of carboxylic acid groups (broad SMARTS) is 1. The molecule has 0 aliphatic heterocycles. The van der Waals surface area contributed by atoms with Gasteiger partial charge in [-0.2, -0.15) is 0 Å². The SMILES string of the molecule is CCCC(NCc1sc2ccccc2c1Cl)C(=O)O. The van der Waals surface area contributed by atoms with E-state index in [2.05, 4.69) is 5.32 Å². The van der Waals surface area contributed by atoms with Gasteiger partial charge < -0.3 is 5.11 Å². The number of fused-ring (bicyclic) bond motifs is 1. The van der Waals surface area contributed by atoms with Crippen molar-refractivity contribution in [2.24, 2.45) is 0 Å². The van der Waals surface area contributed by atoms with Crippen LogP contribution in [0.4, 0.5) is 0 Å². The summed E-state index contributed by atoms with van der Waals surface area (Å²) in [7, 11) is 0. The molecule has 1 heterocycles. The number of rotatable bonds is 6. The van der Waals surface area contributed by atoms with Gasteiger partial charge in [0.1, 0.15) is 6.04 Å². The third kappa shape index (κ3) is 3.26. The summed E-state index contributed by atoms with van der Waals surface area (Å²) in [4.78, 5) is 12.1. The quantitative estimate of drug-likeness (QED) is 0.850. The molecule has 1 unspecified atom stereocenters. The lowest BCUT2D eigenvalue weighted by Gasteiger charge is -2.12. The van der Waals surface area contributed by atoms with Crippen LogP contribution in [0.25, 0.3) is 10.1 Å². The average Bonchev–Trinajstić information content (AvgIpc) is 2.72. The molecule has 0 fully saturated rings. The van der Waals surface area contributed by atoms with Gasteiger partial charge in [0.2, 0.25) is 0 Å². The zero-order valence-corrected chi connectivity index (χ0v) is 12.2. The topological polar surface area (TPSA) is 49.3 Å². The van der Waals surface area contributed by atoms with E-state index in [1.54, 1.807) is 11.3 Å². The highest BCUT2D eigenvalue weighted by atomic mass is 35.5. The monoisotopic (exact) mass is 297 g/mol. The van der Waals surface area contributed by atoms with Crippen molar-refractivity contribution in [3.8, 4) is 0 Å². The summed E-state index contributed by atoms with van der Waals surface area (Å²) in [5, 5.41) is 13.9. The Labute approximate surface area is 121 Å². The fraction of sp³-hybridized carbons (Fsp3) is 0.357. The van der Waals surface area contributed by atoms with Crippen LogP contribution in [0, 0.1) is 0 Å². The summed E-state index contributed by atoms with van der Waals surface area (Å²) in [5.74, 6) is -0.806. The van der Waals surface area contributed by atoms with Gasteiger partial charge in [0.05, 0.1) is 5.02 Å². The first-order chi connectivity index (χ1) is 9.13. The predicted octanol–water partition coefficient (Wildman–Crippen LogP) is 3.90. The van der Waals surface area contributed by atoms with Gasteiger partial charge in [-0.3, -0.25) is 10.1 Å². The first-order valence-electron chi connectivity index (χ1n) is 6.25. The van der Waals surface area contributed by atoms with Gasteiger partial charge in [0, 0.05) is 21.5 Å². The van der Waals surface area contributed by atoms with Crippen molar-refractivity contribution in [2.45, 2.75) is 32.4 Å². The number of benzene rings is 1. The Hall–Kier alpha value is -1.10. The fourth-order valence-corrected chi connectivity index (χ4v) is 3.45. The van der Waals surface area contributed by atoms with Gasteiger partial charge in [-0.15, -0.1) is 11.3 Å². The molecule has 0 bridgehead atoms. The van der Waals surface area contributed by atoms with E-state index in [4.69, 9.17) is 16.7 Å². The highest BCUT2D eigenvalue weighted by Crippen LogP contribution is 2.35. The van der Waals surface area contributed by atoms with Gasteiger partial charge in [0.15, 0.2) is 0 Å². The maximum absolute atomic E-state index is 11.1. The van der Waals surface area contributed by atoms with Crippen molar-refractivity contribution in [1.29, 1.82) is 0 Å². The standard InChI is InChI=1S/C14H16ClNO2S/c1-2-5-10(14(17)18)16-8-12-13(15)9-6-3-4-7-11(9)19-12/h3-4,6-7,10,16H,2,5,8H2,1H3,(H,17,18). The number of thiophene rings is 1. The third-order valence-corrected chi connectivity index (χ3v) is 4.70. The number of hydrogen-bond donors (Lipinski definition) is 2. The van der Waals surface area contributed by atoms with E-state index < -0.39 is 12.0 Å². The van der Waals surface area contributed by atoms with Gasteiger partial charge in [-0.1, -0.05) is 43.1 Å². The smallest absolute Gasteiger partial charge is 0.320 e. The van der Waals surface area contributed by atoms with Crippen LogP contribution in [0.5, 0.6) is 0 Å². The zero-order chi connectivity index (χ0) is 13.8. The molecule has 2 N–H and O–H groups in total. The van der Waals surface area contributed by atoms with E-state index in [9.17, 15) is 4.79 Å². The molecule has 2 aromatic rings. The predicted molar refractivity (Wildman–Crippen MR) is 80.0 cm³/mol. The van der Waals surface area contributed by atoms with Crippen LogP contribution in [0.1, 0.15) is 24.6 Å². The van der Waals surface area contributed by atoms with Crippen molar-refractivity contribution in [3.05, 3.63) is 34.2 Å². The minimum Gasteiger partial charge on any atom is -0.480 e. The molecule has 0 aliphatic rings. The molecule has 0 saturated heterocycles. The van der Waals surface area contributed by atoms with Crippen LogP contribution < -0.4 is 5.32 Å². The molecule has 3 nitrogen and oxygen atoms in total. The van der Waals surface area contributed by atoms with Gasteiger partial charge >= 0.3 is 5.97 Å². The molecule has 0 saturated carbocycles. The molecule has 0 radical (unpaired) electrons. The number of aliphatic carboxylic acids is 1. The Balaban J connectivity index is 2.13. The lowest BCUT2D eigenvalue weighted by molar-refractivity contribution is -0.139. The molecule has 0 spiro atoms. The second-order valence-electron chi connectivity index (χ2n) is 4.40. The number of hydrogen-bond acceptors (Lipinski definition) is 3. The minimum absolute atomic E-state index is 0.495. The lowest BCUT2D eigenvalue weighted by atomic mass is 10.1. The van der Waals surface area contributed by atoms with E-state index in [1.165, 1.54) is 0 Å². The van der Waals surface area contributed by atoms with Crippen molar-refractivity contribution >= 4 is 39.0 Å². The molecule has 19 heavy (non-hydrogen) atoms. The minimum atomic E-state index is -0.806. The van der Waals surface area contributed by atoms with E-state index >= 15 is 0 Å². The van der Waals surface area contributed by atoms with Gasteiger partial charge in [0.25, 0.3) is 0 Å². The maximum atomic E-state index is 11.1. The largest absolute Gasteiger partial charge is 0.480 e. The highest BCUT2D eigenvalue weighted by molar-refractivity contribution is 7.19. The van der Waals surface area contributed by atoms with E-state index in [-0.39, 0.29) is 0 Å². The summed E-state index contributed by atoms with van der Waals surface area (Å²) in [6.07, 6.45) is 1.46. The second kappa shape index (κ2) is 6.37. The maximum Gasteiger partial charge on any atom is 0.320 e. The van der Waals surface area contributed by atoms with Crippen LogP contribution >= 0.6 is 22.9 Å². The Kier molecular flexibility index (Phi) is 4.80. The summed E-state index contributed by atoms with van der Waals surface area (Å²) < 4.78 is 1.13. The summed E-state index contributed by atoms with van der Waals surface area (Å²) in [6, 6.07) is 7.43. The van der Waals surface area contributed by atoms with Crippen LogP contribution in [0.2, 0.25) is 5.02 Å². The number of carboxylic acids is 1. The molecule has 102 valence electrons. The Bertz CT molecular complexity index is 582. The van der Waals surface area contributed by atoms with Crippen LogP contribution in [-0.4, -0.2) is 17.1 Å². The molecule has 1 aromatic heterocycles. The van der Waals surface area contributed by atoms with E-state index in [0.717, 1.165) is 26.4 Å². The van der Waals surface area contributed by atoms with Crippen LogP contribution in [0.3, 0.4) is 0 Å². The molecular formula is C14H16ClNO2S. The van der Waals surface area contributed by atoms with Crippen LogP contribution in [0.15, 0.2) is 24.3 Å². The van der Waals surface area contributed by atoms with Crippen molar-refractivity contribution in [3.63, 3.8) is 0 Å². The normalized spacial score (nSPS) is 12.7. The van der Waals surface area contributed by atoms with E-state index in [1.807, 2.05) is 31.2 Å². The van der Waals surface area contributed by atoms with Gasteiger partial charge in [-0.05, 0) is 12.5 Å². The van der Waals surface area contributed by atoms with Crippen molar-refractivity contribution in [2.75, 3.05) is 0 Å². The average molecular weight is 298 g/mol. The summed E-state index contributed by atoms with van der Waals surface area (Å²) >= 11 is 7.93. The summed E-state index contributed by atoms with van der Waals surface area (Å²) in [6.45, 7) is 2.47. The summed E-state index contributed by atoms with van der Waals surface area (Å²) in [5.41, 5.74) is 0. The molecule has 5 heteroatoms. The third-order valence-electron chi connectivity index (χ3n) is 2.99. The number of halogens is 1. The number of carbonyl (C=O) groups is 1. The molecule has 0 aliphatic carbocycles. The second-order valence-corrected chi connectivity index (χ2v) is 5.91. The number of nitrogens with one attached hydrogen (secondary N) is 1. The Morgan fingerprint density at radius 1 is 1.47 bits per heavy atom. The molecule has 0 amide bonds. The van der Waals surface area contributed by atoms with Crippen LogP contribution in [-0.2, 0) is 11.3 Å². The molecular weight excluding hydrogens is 282 g/mol. The molecule has 2 rings (SSSR count). The zero-order valence-electron chi connectivity index (χ0n) is 10.6. The first-order valence-corrected chi connectivity index (χ1v) is 7.45. The Morgan fingerprint density at radius 3 is 2.84 bits per heavy atom. The first kappa shape index (κ1) is 14.3. The van der Waals surface area contributed by atoms with Crippen molar-refractivity contribution in [1.82, 2.24) is 5.32 Å². The molecule has 1 atom stereocenters. The lowest BCUT2D eigenvalue weighted by Crippen LogP contribution is -2.35. The Morgan fingerprint density at radius 2 is 2.21 bits per heavy atom. The van der Waals surface area contributed by atoms with Crippen molar-refractivity contribution < 1.29 is 9.90 Å². The fourth-order valence-electron chi connectivity index (χ4n) is 2.00. The van der Waals surface area contributed by atoms with E-state index in [0.29, 0.717) is 13.0 Å². The van der Waals surface area contributed by atoms with Gasteiger partial charge in [-0.25, -0.2) is 0 Å². The highest BCUT2D eigenvalue weighted by Gasteiger charge is 2.17. The molecule has 1 aromatic carbocycles.